The van der Waals surface area contributed by atoms with Gasteiger partial charge in [-0.1, -0.05) is 17.7 Å². The zero-order chi connectivity index (χ0) is 13.4. The highest BCUT2D eigenvalue weighted by Crippen LogP contribution is 2.35. The lowest BCUT2D eigenvalue weighted by molar-refractivity contribution is -0.138. The summed E-state index contributed by atoms with van der Waals surface area (Å²) in [7, 11) is 0. The number of nitrogens with two attached hydrogens (primary N) is 1. The highest BCUT2D eigenvalue weighted by atomic mass is 35.5. The van der Waals surface area contributed by atoms with E-state index >= 15 is 0 Å². The smallest absolute Gasteiger partial charge is 0.322 e. The minimum Gasteiger partial charge on any atom is -0.480 e. The van der Waals surface area contributed by atoms with Gasteiger partial charge in [0.05, 0.1) is 22.8 Å². The van der Waals surface area contributed by atoms with Crippen molar-refractivity contribution in [3.8, 4) is 0 Å². The molecule has 2 rings (SSSR count). The number of ketones is 1. The fourth-order valence-corrected chi connectivity index (χ4v) is 2.04. The third-order valence-corrected chi connectivity index (χ3v) is 2.94. The molecule has 6 nitrogen and oxygen atoms in total. The number of aliphatic carboxylic acids is 1. The van der Waals surface area contributed by atoms with Crippen LogP contribution in [0.15, 0.2) is 18.2 Å². The summed E-state index contributed by atoms with van der Waals surface area (Å²) < 4.78 is 0. The van der Waals surface area contributed by atoms with Crippen LogP contribution in [0.1, 0.15) is 10.4 Å². The summed E-state index contributed by atoms with van der Waals surface area (Å²) in [6.45, 7) is -0.295. The van der Waals surface area contributed by atoms with Gasteiger partial charge < -0.3 is 15.7 Å². The lowest BCUT2D eigenvalue weighted by atomic mass is 10.1. The molecule has 0 radical (unpaired) electrons. The molecule has 0 spiro atoms. The van der Waals surface area contributed by atoms with Gasteiger partial charge >= 0.3 is 5.97 Å². The van der Waals surface area contributed by atoms with Gasteiger partial charge in [0.25, 0.3) is 11.7 Å². The van der Waals surface area contributed by atoms with Crippen molar-refractivity contribution in [2.24, 2.45) is 5.73 Å². The van der Waals surface area contributed by atoms with E-state index in [-0.39, 0.29) is 22.8 Å². The minimum atomic E-state index is -1.27. The fourth-order valence-electron chi connectivity index (χ4n) is 1.76. The summed E-state index contributed by atoms with van der Waals surface area (Å²) in [4.78, 5) is 35.1. The summed E-state index contributed by atoms with van der Waals surface area (Å²) in [5.74, 6) is -2.77. The first kappa shape index (κ1) is 12.5. The molecule has 1 aliphatic heterocycles. The molecule has 0 saturated carbocycles. The summed E-state index contributed by atoms with van der Waals surface area (Å²) in [5, 5.41) is 8.94. The maximum Gasteiger partial charge on any atom is 0.322 e. The second kappa shape index (κ2) is 4.40. The van der Waals surface area contributed by atoms with Crippen molar-refractivity contribution >= 4 is 34.9 Å². The molecule has 0 saturated heterocycles. The van der Waals surface area contributed by atoms with Crippen LogP contribution in [0.2, 0.25) is 5.02 Å². The van der Waals surface area contributed by atoms with Gasteiger partial charge in [0, 0.05) is 0 Å². The van der Waals surface area contributed by atoms with Crippen molar-refractivity contribution < 1.29 is 19.5 Å². The highest BCUT2D eigenvalue weighted by Gasteiger charge is 2.38. The minimum absolute atomic E-state index is 0.171. The van der Waals surface area contributed by atoms with Gasteiger partial charge in [0.15, 0.2) is 0 Å². The number of fused-ring (bicyclic) bond motifs is 1. The number of carbonyl (C=O) groups excluding carboxylic acids is 2. The third kappa shape index (κ3) is 1.85. The number of carboxylic acid groups (broad SMARTS) is 1. The third-order valence-electron chi connectivity index (χ3n) is 2.64. The molecular weight excluding hydrogens is 260 g/mol. The standard InChI is InChI=1S/C11H9ClN2O4/c12-6-3-1-2-5-8(6)14(10(16)9(5)15)4-7(13)11(17)18/h1-3,7H,4,13H2,(H,17,18). The Kier molecular flexibility index (Phi) is 3.06. The monoisotopic (exact) mass is 268 g/mol. The summed E-state index contributed by atoms with van der Waals surface area (Å²) in [6, 6.07) is 3.26. The average Bonchev–Trinajstić information content (AvgIpc) is 2.56. The molecule has 0 aromatic heterocycles. The van der Waals surface area contributed by atoms with E-state index in [0.29, 0.717) is 0 Å². The van der Waals surface area contributed by atoms with E-state index in [4.69, 9.17) is 22.4 Å². The molecular formula is C11H9ClN2O4. The molecule has 3 N–H and O–H groups in total. The molecule has 1 aromatic rings. The van der Waals surface area contributed by atoms with Gasteiger partial charge in [-0.3, -0.25) is 14.4 Å². The number of carbonyl (C=O) groups is 3. The topological polar surface area (TPSA) is 101 Å². The summed E-state index contributed by atoms with van der Waals surface area (Å²) in [5.41, 5.74) is 5.76. The Labute approximate surface area is 107 Å². The largest absolute Gasteiger partial charge is 0.480 e. The van der Waals surface area contributed by atoms with Crippen LogP contribution >= 0.6 is 11.6 Å². The van der Waals surface area contributed by atoms with Crippen molar-refractivity contribution in [1.29, 1.82) is 0 Å². The van der Waals surface area contributed by atoms with E-state index in [1.807, 2.05) is 0 Å². The molecule has 1 aliphatic rings. The first-order valence-electron chi connectivity index (χ1n) is 5.06. The van der Waals surface area contributed by atoms with Crippen LogP contribution in [-0.2, 0) is 9.59 Å². The van der Waals surface area contributed by atoms with Crippen LogP contribution in [0, 0.1) is 0 Å². The number of nitrogens with zero attached hydrogens (tertiary/aromatic N) is 1. The Morgan fingerprint density at radius 1 is 1.44 bits per heavy atom. The molecule has 1 atom stereocenters. The van der Waals surface area contributed by atoms with Gasteiger partial charge in [-0.2, -0.15) is 0 Å². The Bertz CT molecular complexity index is 558. The van der Waals surface area contributed by atoms with Crippen molar-refractivity contribution in [2.75, 3.05) is 11.4 Å². The van der Waals surface area contributed by atoms with Crippen LogP contribution in [0.4, 0.5) is 5.69 Å². The summed E-state index contributed by atoms with van der Waals surface area (Å²) >= 11 is 5.92. The van der Waals surface area contributed by atoms with Gasteiger partial charge in [-0.05, 0) is 12.1 Å². The van der Waals surface area contributed by atoms with Crippen LogP contribution in [0.25, 0.3) is 0 Å². The van der Waals surface area contributed by atoms with E-state index < -0.39 is 23.7 Å². The van der Waals surface area contributed by atoms with Crippen molar-refractivity contribution in [2.45, 2.75) is 6.04 Å². The fraction of sp³-hybridized carbons (Fsp3) is 0.182. The average molecular weight is 269 g/mol. The van der Waals surface area contributed by atoms with Crippen LogP contribution in [0.3, 0.4) is 0 Å². The first-order valence-corrected chi connectivity index (χ1v) is 5.44. The normalized spacial score (nSPS) is 15.8. The lowest BCUT2D eigenvalue weighted by Gasteiger charge is -2.19. The number of Topliss-reactive ketones (excluding diaryl/α,β-unsaturated/α-hetero) is 1. The number of halogens is 1. The Hall–Kier alpha value is -1.92. The van der Waals surface area contributed by atoms with E-state index in [1.54, 1.807) is 6.07 Å². The number of anilines is 1. The van der Waals surface area contributed by atoms with Gasteiger partial charge in [-0.15, -0.1) is 0 Å². The molecule has 1 unspecified atom stereocenters. The molecule has 0 aliphatic carbocycles. The van der Waals surface area contributed by atoms with Gasteiger partial charge in [-0.25, -0.2) is 0 Å². The Balaban J connectivity index is 2.42. The predicted octanol–water partition coefficient (Wildman–Crippen LogP) is 0.281. The first-order chi connectivity index (χ1) is 8.43. The number of hydrogen-bond donors (Lipinski definition) is 2. The predicted molar refractivity (Wildman–Crippen MR) is 63.7 cm³/mol. The van der Waals surface area contributed by atoms with Crippen molar-refractivity contribution in [1.82, 2.24) is 0 Å². The molecule has 7 heteroatoms. The molecule has 94 valence electrons. The van der Waals surface area contributed by atoms with Crippen molar-refractivity contribution in [3.63, 3.8) is 0 Å². The number of para-hydroxylation sites is 1. The molecule has 1 heterocycles. The second-order valence-corrected chi connectivity index (χ2v) is 4.23. The molecule has 1 aromatic carbocycles. The lowest BCUT2D eigenvalue weighted by Crippen LogP contribution is -2.44. The number of amides is 1. The SMILES string of the molecule is NC(CN1C(=O)C(=O)c2cccc(Cl)c21)C(=O)O. The molecule has 0 fully saturated rings. The maximum atomic E-state index is 11.7. The molecule has 18 heavy (non-hydrogen) atoms. The number of carboxylic acids is 1. The second-order valence-electron chi connectivity index (χ2n) is 3.83. The van der Waals surface area contributed by atoms with E-state index in [9.17, 15) is 14.4 Å². The van der Waals surface area contributed by atoms with E-state index in [0.717, 1.165) is 4.90 Å². The van der Waals surface area contributed by atoms with Gasteiger partial charge in [0.2, 0.25) is 0 Å². The number of hydrogen-bond acceptors (Lipinski definition) is 4. The molecule has 0 bridgehead atoms. The van der Waals surface area contributed by atoms with E-state index in [2.05, 4.69) is 0 Å². The number of benzene rings is 1. The van der Waals surface area contributed by atoms with Crippen molar-refractivity contribution in [3.05, 3.63) is 28.8 Å². The maximum absolute atomic E-state index is 11.7. The van der Waals surface area contributed by atoms with E-state index in [1.165, 1.54) is 12.1 Å². The van der Waals surface area contributed by atoms with Crippen LogP contribution in [0.5, 0.6) is 0 Å². The molecule has 1 amide bonds. The number of rotatable bonds is 3. The summed E-state index contributed by atoms with van der Waals surface area (Å²) in [6.07, 6.45) is 0. The zero-order valence-corrected chi connectivity index (χ0v) is 9.85. The van der Waals surface area contributed by atoms with Gasteiger partial charge in [0.1, 0.15) is 6.04 Å². The highest BCUT2D eigenvalue weighted by molar-refractivity contribution is 6.54. The Morgan fingerprint density at radius 2 is 2.11 bits per heavy atom. The van der Waals surface area contributed by atoms with Crippen LogP contribution in [-0.4, -0.2) is 35.4 Å². The van der Waals surface area contributed by atoms with Crippen LogP contribution < -0.4 is 10.6 Å². The zero-order valence-electron chi connectivity index (χ0n) is 9.09. The Morgan fingerprint density at radius 3 is 2.72 bits per heavy atom. The quantitative estimate of drug-likeness (QED) is 0.767.